The summed E-state index contributed by atoms with van der Waals surface area (Å²) in [7, 11) is -2.37. The van der Waals surface area contributed by atoms with Gasteiger partial charge in [0.1, 0.15) is 15.8 Å². The number of benzene rings is 1. The number of hydrogen-bond acceptors (Lipinski definition) is 4. The maximum absolute atomic E-state index is 12.4. The molecule has 0 bridgehead atoms. The van der Waals surface area contributed by atoms with Crippen LogP contribution in [0.3, 0.4) is 0 Å². The topological polar surface area (TPSA) is 70.5 Å². The van der Waals surface area contributed by atoms with E-state index in [4.69, 9.17) is 23.2 Å². The van der Waals surface area contributed by atoms with Gasteiger partial charge in [-0.15, -0.1) is 0 Å². The Morgan fingerprint density at radius 2 is 1.95 bits per heavy atom. The Bertz CT molecular complexity index is 766. The average molecular weight is 347 g/mol. The summed E-state index contributed by atoms with van der Waals surface area (Å²) < 4.78 is 25.9. The minimum Gasteiger partial charge on any atom is -0.508 e. The summed E-state index contributed by atoms with van der Waals surface area (Å²) >= 11 is 11.5. The van der Waals surface area contributed by atoms with Crippen molar-refractivity contribution in [3.8, 4) is 5.75 Å². The van der Waals surface area contributed by atoms with Gasteiger partial charge in [0.05, 0.1) is 5.02 Å². The van der Waals surface area contributed by atoms with Gasteiger partial charge in [-0.3, -0.25) is 0 Å². The summed E-state index contributed by atoms with van der Waals surface area (Å²) in [6.07, 6.45) is 1.14. The molecule has 1 aromatic carbocycles. The summed E-state index contributed by atoms with van der Waals surface area (Å²) in [6.45, 7) is 0.0231. The van der Waals surface area contributed by atoms with Gasteiger partial charge in [-0.1, -0.05) is 41.4 Å². The van der Waals surface area contributed by atoms with Crippen molar-refractivity contribution >= 4 is 33.2 Å². The number of hydrogen-bond donors (Lipinski definition) is 1. The van der Waals surface area contributed by atoms with Crippen LogP contribution in [0.1, 0.15) is 5.56 Å². The van der Waals surface area contributed by atoms with Gasteiger partial charge in [-0.25, -0.2) is 13.4 Å². The first-order chi connectivity index (χ1) is 9.82. The van der Waals surface area contributed by atoms with E-state index in [9.17, 15) is 13.5 Å². The summed E-state index contributed by atoms with van der Waals surface area (Å²) in [5.74, 6) is 0.0341. The molecule has 2 aromatic rings. The molecule has 0 radical (unpaired) electrons. The number of aromatic nitrogens is 1. The van der Waals surface area contributed by atoms with Gasteiger partial charge in [-0.05, 0) is 12.1 Å². The zero-order valence-corrected chi connectivity index (χ0v) is 13.3. The second-order valence-electron chi connectivity index (χ2n) is 4.33. The van der Waals surface area contributed by atoms with Crippen LogP contribution in [0.4, 0.5) is 0 Å². The molecule has 8 heteroatoms. The summed E-state index contributed by atoms with van der Waals surface area (Å²) in [4.78, 5) is 3.67. The average Bonchev–Trinajstić information content (AvgIpc) is 2.44. The third kappa shape index (κ3) is 3.47. The second-order valence-corrected chi connectivity index (χ2v) is 7.14. The molecule has 1 heterocycles. The van der Waals surface area contributed by atoms with E-state index in [1.165, 1.54) is 19.2 Å². The Labute approximate surface area is 132 Å². The second kappa shape index (κ2) is 6.19. The number of nitrogens with zero attached hydrogens (tertiary/aromatic N) is 2. The van der Waals surface area contributed by atoms with Gasteiger partial charge in [0.15, 0.2) is 0 Å². The zero-order valence-electron chi connectivity index (χ0n) is 11.0. The van der Waals surface area contributed by atoms with Crippen LogP contribution in [0.15, 0.2) is 41.4 Å². The van der Waals surface area contributed by atoms with Gasteiger partial charge in [0, 0.05) is 25.4 Å². The van der Waals surface area contributed by atoms with E-state index >= 15 is 0 Å². The summed E-state index contributed by atoms with van der Waals surface area (Å²) in [6, 6.07) is 7.77. The van der Waals surface area contributed by atoms with Crippen LogP contribution in [-0.4, -0.2) is 29.9 Å². The van der Waals surface area contributed by atoms with Crippen molar-refractivity contribution in [1.82, 2.24) is 9.29 Å². The van der Waals surface area contributed by atoms with E-state index in [0.717, 1.165) is 10.5 Å². The number of sulfonamides is 1. The lowest BCUT2D eigenvalue weighted by Crippen LogP contribution is -2.26. The molecule has 0 aliphatic rings. The van der Waals surface area contributed by atoms with Crippen LogP contribution in [-0.2, 0) is 16.6 Å². The van der Waals surface area contributed by atoms with Crippen molar-refractivity contribution in [3.05, 3.63) is 52.3 Å². The minimum atomic E-state index is -3.78. The van der Waals surface area contributed by atoms with E-state index in [0.29, 0.717) is 5.56 Å². The van der Waals surface area contributed by atoms with Crippen molar-refractivity contribution in [3.63, 3.8) is 0 Å². The van der Waals surface area contributed by atoms with Crippen molar-refractivity contribution in [1.29, 1.82) is 0 Å². The fraction of sp³-hybridized carbons (Fsp3) is 0.154. The van der Waals surface area contributed by atoms with E-state index < -0.39 is 10.0 Å². The maximum Gasteiger partial charge on any atom is 0.244 e. The first-order valence-corrected chi connectivity index (χ1v) is 8.06. The number of aromatic hydroxyl groups is 1. The third-order valence-electron chi connectivity index (χ3n) is 2.86. The molecule has 112 valence electrons. The fourth-order valence-electron chi connectivity index (χ4n) is 1.69. The van der Waals surface area contributed by atoms with Crippen LogP contribution >= 0.6 is 23.2 Å². The van der Waals surface area contributed by atoms with Gasteiger partial charge in [0.2, 0.25) is 10.0 Å². The van der Waals surface area contributed by atoms with Gasteiger partial charge < -0.3 is 5.11 Å². The smallest absolute Gasteiger partial charge is 0.244 e. The predicted octanol–water partition coefficient (Wildman–Crippen LogP) is 2.91. The molecule has 1 aromatic heterocycles. The molecule has 2 rings (SSSR count). The SMILES string of the molecule is CN(Cc1ccccc1O)S(=O)(=O)c1cnc(Cl)c(Cl)c1. The lowest BCUT2D eigenvalue weighted by molar-refractivity contribution is 0.435. The van der Waals surface area contributed by atoms with Crippen LogP contribution < -0.4 is 0 Å². The van der Waals surface area contributed by atoms with Crippen LogP contribution in [0.5, 0.6) is 5.75 Å². The summed E-state index contributed by atoms with van der Waals surface area (Å²) in [5, 5.41) is 9.81. The Balaban J connectivity index is 2.30. The molecule has 1 N–H and O–H groups in total. The first kappa shape index (κ1) is 16.0. The van der Waals surface area contributed by atoms with E-state index in [2.05, 4.69) is 4.98 Å². The highest BCUT2D eigenvalue weighted by Gasteiger charge is 2.23. The van der Waals surface area contributed by atoms with Crippen LogP contribution in [0.2, 0.25) is 10.2 Å². The van der Waals surface area contributed by atoms with Crippen LogP contribution in [0.25, 0.3) is 0 Å². The normalized spacial score (nSPS) is 11.8. The molecular formula is C13H12Cl2N2O3S. The molecule has 0 aliphatic carbocycles. The molecule has 0 fully saturated rings. The van der Waals surface area contributed by atoms with Crippen LogP contribution in [0, 0.1) is 0 Å². The number of rotatable bonds is 4. The van der Waals surface area contributed by atoms with E-state index in [1.807, 2.05) is 0 Å². The fourth-order valence-corrected chi connectivity index (χ4v) is 3.15. The van der Waals surface area contributed by atoms with Crippen molar-refractivity contribution in [2.75, 3.05) is 7.05 Å². The maximum atomic E-state index is 12.4. The first-order valence-electron chi connectivity index (χ1n) is 5.86. The molecule has 5 nitrogen and oxygen atoms in total. The van der Waals surface area contributed by atoms with Gasteiger partial charge in [0.25, 0.3) is 0 Å². The monoisotopic (exact) mass is 346 g/mol. The standard InChI is InChI=1S/C13H12Cl2N2O3S/c1-17(8-9-4-2-3-5-12(9)18)21(19,20)10-6-11(14)13(15)16-7-10/h2-7,18H,8H2,1H3. The number of para-hydroxylation sites is 1. The van der Waals surface area contributed by atoms with Crippen molar-refractivity contribution < 1.29 is 13.5 Å². The van der Waals surface area contributed by atoms with Crippen molar-refractivity contribution in [2.45, 2.75) is 11.4 Å². The highest BCUT2D eigenvalue weighted by molar-refractivity contribution is 7.89. The zero-order chi connectivity index (χ0) is 15.6. The molecular weight excluding hydrogens is 335 g/mol. The molecule has 0 amide bonds. The predicted molar refractivity (Wildman–Crippen MR) is 81.0 cm³/mol. The van der Waals surface area contributed by atoms with Gasteiger partial charge in [-0.2, -0.15) is 4.31 Å². The minimum absolute atomic E-state index is 0.0231. The third-order valence-corrected chi connectivity index (χ3v) is 5.32. The van der Waals surface area contributed by atoms with Crippen molar-refractivity contribution in [2.24, 2.45) is 0 Å². The van der Waals surface area contributed by atoms with E-state index in [-0.39, 0.29) is 27.4 Å². The quantitative estimate of drug-likeness (QED) is 0.864. The molecule has 0 aliphatic heterocycles. The Morgan fingerprint density at radius 3 is 2.57 bits per heavy atom. The Morgan fingerprint density at radius 1 is 1.29 bits per heavy atom. The molecule has 0 saturated carbocycles. The Kier molecular flexibility index (Phi) is 4.73. The number of pyridine rings is 1. The molecule has 0 unspecified atom stereocenters. The molecule has 0 spiro atoms. The summed E-state index contributed by atoms with van der Waals surface area (Å²) in [5.41, 5.74) is 0.497. The largest absolute Gasteiger partial charge is 0.508 e. The van der Waals surface area contributed by atoms with Gasteiger partial charge >= 0.3 is 0 Å². The molecule has 0 atom stereocenters. The molecule has 21 heavy (non-hydrogen) atoms. The highest BCUT2D eigenvalue weighted by atomic mass is 35.5. The number of phenolic OH excluding ortho intramolecular Hbond substituents is 1. The number of phenols is 1. The Hall–Kier alpha value is -1.34. The number of halogens is 2. The lowest BCUT2D eigenvalue weighted by Gasteiger charge is -2.17. The molecule has 0 saturated heterocycles. The van der Waals surface area contributed by atoms with E-state index in [1.54, 1.807) is 18.2 Å². The highest BCUT2D eigenvalue weighted by Crippen LogP contribution is 2.25. The lowest BCUT2D eigenvalue weighted by atomic mass is 10.2.